The van der Waals surface area contributed by atoms with Gasteiger partial charge in [0.15, 0.2) is 6.29 Å². The number of aldehydes is 1. The molecule has 286 valence electrons. The molecule has 12 nitrogen and oxygen atoms in total. The van der Waals surface area contributed by atoms with E-state index in [4.69, 9.17) is 4.98 Å². The lowest BCUT2D eigenvalue weighted by Crippen LogP contribution is -2.52. The zero-order chi connectivity index (χ0) is 40.1. The fraction of sp³-hybridized carbons (Fsp3) is 0.222. The summed E-state index contributed by atoms with van der Waals surface area (Å²) in [6, 6.07) is 20.4. The zero-order valence-corrected chi connectivity index (χ0v) is 31.9. The number of rotatable bonds is 8. The Hall–Kier alpha value is -6.97. The second-order valence-corrected chi connectivity index (χ2v) is 13.8. The van der Waals surface area contributed by atoms with E-state index in [1.54, 1.807) is 30.6 Å². The van der Waals surface area contributed by atoms with E-state index in [-0.39, 0.29) is 36.4 Å². The number of aryl methyl sites for hydroxylation is 1. The molecule has 8 rings (SSSR count). The molecule has 57 heavy (non-hydrogen) atoms. The molecular weight excluding hydrogens is 719 g/mol. The van der Waals surface area contributed by atoms with Crippen molar-refractivity contribution in [3.63, 3.8) is 0 Å². The van der Waals surface area contributed by atoms with Crippen LogP contribution in [0, 0.1) is 11.8 Å². The van der Waals surface area contributed by atoms with Gasteiger partial charge in [0.25, 0.3) is 11.8 Å². The Morgan fingerprint density at radius 3 is 2.53 bits per heavy atom. The maximum Gasteiger partial charge on any atom is 0.269 e. The van der Waals surface area contributed by atoms with Crippen molar-refractivity contribution in [2.24, 2.45) is 0 Å². The Balaban J connectivity index is 0.00000160. The number of amides is 4. The lowest BCUT2D eigenvalue weighted by molar-refractivity contribution is -0.136. The molecule has 1 unspecified atom stereocenters. The summed E-state index contributed by atoms with van der Waals surface area (Å²) in [7, 11) is 3.75. The molecule has 12 heteroatoms. The minimum atomic E-state index is -0.690. The van der Waals surface area contributed by atoms with Crippen LogP contribution in [-0.2, 0) is 22.6 Å². The number of carbonyl (C=O) groups is 5. The van der Waals surface area contributed by atoms with Crippen LogP contribution in [0.3, 0.4) is 0 Å². The van der Waals surface area contributed by atoms with Gasteiger partial charge in [-0.1, -0.05) is 43.0 Å². The number of aromatic nitrogens is 3. The minimum absolute atomic E-state index is 0.192. The number of aromatic amines is 1. The van der Waals surface area contributed by atoms with Crippen molar-refractivity contribution in [2.75, 3.05) is 20.6 Å². The van der Waals surface area contributed by atoms with E-state index in [0.717, 1.165) is 67.9 Å². The van der Waals surface area contributed by atoms with E-state index < -0.39 is 11.9 Å². The number of nitrogens with one attached hydrogen (secondary N) is 4. The highest BCUT2D eigenvalue weighted by atomic mass is 16.2. The first-order valence-electron chi connectivity index (χ1n) is 18.8. The van der Waals surface area contributed by atoms with E-state index in [0.29, 0.717) is 36.1 Å². The maximum absolute atomic E-state index is 13.1. The van der Waals surface area contributed by atoms with Crippen LogP contribution >= 0.6 is 0 Å². The van der Waals surface area contributed by atoms with E-state index in [2.05, 4.69) is 62.9 Å². The van der Waals surface area contributed by atoms with Gasteiger partial charge in [-0.3, -0.25) is 39.3 Å². The van der Waals surface area contributed by atoms with Crippen LogP contribution in [-0.4, -0.2) is 76.4 Å². The largest absolute Gasteiger partial charge is 0.360 e. The van der Waals surface area contributed by atoms with Crippen LogP contribution in [0.2, 0.25) is 0 Å². The number of H-pyrrole nitrogens is 1. The minimum Gasteiger partial charge on any atom is -0.360 e. The van der Waals surface area contributed by atoms with Crippen molar-refractivity contribution >= 4 is 51.6 Å². The molecule has 4 amide bonds. The van der Waals surface area contributed by atoms with Crippen LogP contribution in [0.15, 0.2) is 85.3 Å². The molecule has 1 saturated heterocycles. The van der Waals surface area contributed by atoms with Crippen molar-refractivity contribution in [3.8, 4) is 34.2 Å². The molecule has 4 N–H and O–H groups in total. The van der Waals surface area contributed by atoms with Crippen molar-refractivity contribution < 1.29 is 24.0 Å². The first kappa shape index (κ1) is 38.3. The van der Waals surface area contributed by atoms with Crippen LogP contribution in [0.25, 0.3) is 44.1 Å². The predicted molar refractivity (Wildman–Crippen MR) is 218 cm³/mol. The Kier molecular flexibility index (Phi) is 11.3. The van der Waals surface area contributed by atoms with Gasteiger partial charge < -0.3 is 20.5 Å². The van der Waals surface area contributed by atoms with Crippen molar-refractivity contribution in [3.05, 3.63) is 119 Å². The average molecular weight is 760 g/mol. The lowest BCUT2D eigenvalue weighted by atomic mass is 9.94. The predicted octanol–water partition coefficient (Wildman–Crippen LogP) is 5.59. The Morgan fingerprint density at radius 2 is 1.77 bits per heavy atom. The van der Waals surface area contributed by atoms with Crippen LogP contribution in [0.5, 0.6) is 0 Å². The number of imide groups is 1. The topological polar surface area (TPSA) is 166 Å². The molecule has 3 aromatic carbocycles. The number of nitrogens with zero attached hydrogens (tertiary/aromatic N) is 3. The Bertz CT molecular complexity index is 2620. The van der Waals surface area contributed by atoms with Crippen LogP contribution in [0.4, 0.5) is 0 Å². The zero-order valence-electron chi connectivity index (χ0n) is 31.9. The number of fused-ring (bicyclic) bond motifs is 3. The number of carbonyl (C=O) groups excluding carboxylic acids is 5. The molecule has 5 heterocycles. The van der Waals surface area contributed by atoms with Gasteiger partial charge in [0.1, 0.15) is 11.7 Å². The second-order valence-electron chi connectivity index (χ2n) is 13.8. The highest BCUT2D eigenvalue weighted by Crippen LogP contribution is 2.35. The molecular formula is C45H41N7O5. The Labute approximate surface area is 329 Å². The molecule has 3 aromatic heterocycles. The van der Waals surface area contributed by atoms with Gasteiger partial charge in [-0.2, -0.15) is 0 Å². The van der Waals surface area contributed by atoms with Crippen molar-refractivity contribution in [1.29, 1.82) is 0 Å². The summed E-state index contributed by atoms with van der Waals surface area (Å²) in [4.78, 5) is 75.6. The molecule has 0 radical (unpaired) electrons. The van der Waals surface area contributed by atoms with E-state index in [1.165, 1.54) is 4.90 Å². The fourth-order valence-electron chi connectivity index (χ4n) is 7.31. The molecule has 0 aliphatic carbocycles. The second kappa shape index (κ2) is 16.8. The third-order valence-electron chi connectivity index (χ3n) is 10.1. The normalized spacial score (nSPS) is 14.7. The lowest BCUT2D eigenvalue weighted by Gasteiger charge is -2.29. The number of hydrogen-bond acceptors (Lipinski definition) is 8. The first-order chi connectivity index (χ1) is 27.7. The third-order valence-corrected chi connectivity index (χ3v) is 10.1. The van der Waals surface area contributed by atoms with Crippen LogP contribution < -0.4 is 16.0 Å². The quantitative estimate of drug-likeness (QED) is 0.0675. The summed E-state index contributed by atoms with van der Waals surface area (Å²) >= 11 is 0. The van der Waals surface area contributed by atoms with E-state index >= 15 is 0 Å². The summed E-state index contributed by atoms with van der Waals surface area (Å²) in [6.45, 7) is 2.64. The summed E-state index contributed by atoms with van der Waals surface area (Å²) < 4.78 is 0. The summed E-state index contributed by atoms with van der Waals surface area (Å²) in [6.07, 6.45) is 7.80. The van der Waals surface area contributed by atoms with Gasteiger partial charge in [0, 0.05) is 83.1 Å². The van der Waals surface area contributed by atoms with Gasteiger partial charge in [0.2, 0.25) is 11.8 Å². The monoisotopic (exact) mass is 759 g/mol. The number of pyridine rings is 2. The number of hydrogen-bond donors (Lipinski definition) is 4. The molecule has 0 bridgehead atoms. The molecule has 2 aliphatic rings. The number of piperidine rings is 1. The highest BCUT2D eigenvalue weighted by molar-refractivity contribution is 6.06. The average Bonchev–Trinajstić information content (AvgIpc) is 3.81. The summed E-state index contributed by atoms with van der Waals surface area (Å²) in [5.41, 5.74) is 8.50. The smallest absolute Gasteiger partial charge is 0.269 e. The SMILES string of the molecule is CCc1cc(-c2cccc3cc(-c4ccc(C(=O)NCCC#Cc5cccc6c5CN(C5CCC(=O)NC5=O)C6=O)nc4)ncc23)cc2c(C=O)c[nH]c12.CNC. The molecule has 2 aliphatic heterocycles. The summed E-state index contributed by atoms with van der Waals surface area (Å²) in [5.74, 6) is 4.84. The van der Waals surface area contributed by atoms with Gasteiger partial charge in [-0.05, 0) is 97.0 Å². The van der Waals surface area contributed by atoms with Crippen molar-refractivity contribution in [2.45, 2.75) is 45.2 Å². The van der Waals surface area contributed by atoms with Gasteiger partial charge in [-0.25, -0.2) is 0 Å². The summed E-state index contributed by atoms with van der Waals surface area (Å²) in [5, 5.41) is 10.8. The van der Waals surface area contributed by atoms with Gasteiger partial charge in [0.05, 0.1) is 5.69 Å². The van der Waals surface area contributed by atoms with Crippen molar-refractivity contribution in [1.82, 2.24) is 35.8 Å². The van der Waals surface area contributed by atoms with Gasteiger partial charge in [-0.15, -0.1) is 0 Å². The number of benzene rings is 3. The third kappa shape index (κ3) is 7.78. The van der Waals surface area contributed by atoms with Crippen LogP contribution in [0.1, 0.15) is 74.1 Å². The molecule has 0 saturated carbocycles. The fourth-order valence-corrected chi connectivity index (χ4v) is 7.31. The Morgan fingerprint density at radius 1 is 0.965 bits per heavy atom. The molecule has 1 fully saturated rings. The van der Waals surface area contributed by atoms with E-state index in [1.807, 2.05) is 50.6 Å². The maximum atomic E-state index is 13.1. The molecule has 0 spiro atoms. The standard InChI is InChI=1S/C43H34N6O5.C2H7N/c1-2-25-17-29(18-33-30(24-50)21-47-40(25)33)31-10-6-9-27-19-37(46-22-34(27)31)28-12-13-36(45-20-28)41(52)44-16-4-3-7-26-8-5-11-32-35(26)23-49(43(32)54)38-14-15-39(51)48-42(38)53;1-3-2/h5-6,8-13,17-22,24,38,47H,2,4,14-16,23H2,1H3,(H,44,52)(H,48,51,53);3H,1-2H3. The van der Waals surface area contributed by atoms with Gasteiger partial charge >= 0.3 is 0 Å². The molecule has 6 aromatic rings. The highest BCUT2D eigenvalue weighted by Gasteiger charge is 2.39. The molecule has 1 atom stereocenters. The first-order valence-corrected chi connectivity index (χ1v) is 18.8. The van der Waals surface area contributed by atoms with E-state index in [9.17, 15) is 24.0 Å².